The third-order valence-corrected chi connectivity index (χ3v) is 2.95. The molecule has 0 aliphatic rings. The van der Waals surface area contributed by atoms with Gasteiger partial charge in [-0.3, -0.25) is 4.68 Å². The lowest BCUT2D eigenvalue weighted by molar-refractivity contribution is 0.0697. The predicted molar refractivity (Wildman–Crippen MR) is 69.8 cm³/mol. The molecule has 0 fully saturated rings. The second-order valence-corrected chi connectivity index (χ2v) is 4.37. The number of nitrogens with zero attached hydrogens (tertiary/aromatic N) is 2. The van der Waals surface area contributed by atoms with Gasteiger partial charge in [-0.15, -0.1) is 0 Å². The van der Waals surface area contributed by atoms with Gasteiger partial charge in [-0.05, 0) is 26.3 Å². The van der Waals surface area contributed by atoms with Crippen molar-refractivity contribution in [3.63, 3.8) is 0 Å². The summed E-state index contributed by atoms with van der Waals surface area (Å²) in [6, 6.07) is 5.93. The standard InChI is InChI=1S/C14H16N2O2/c1-4-16-8-12(14(17)18)13(15-16)11-6-5-9(2)7-10(11)3/h5-8H,4H2,1-3H3,(H,17,18). The molecule has 0 saturated carbocycles. The van der Waals surface area contributed by atoms with Crippen molar-refractivity contribution in [2.45, 2.75) is 27.3 Å². The van der Waals surface area contributed by atoms with Gasteiger partial charge in [0.15, 0.2) is 0 Å². The average molecular weight is 244 g/mol. The van der Waals surface area contributed by atoms with Crippen molar-refractivity contribution in [3.05, 3.63) is 41.1 Å². The minimum atomic E-state index is -0.940. The Labute approximate surface area is 106 Å². The van der Waals surface area contributed by atoms with Crippen LogP contribution in [0.2, 0.25) is 0 Å². The zero-order valence-corrected chi connectivity index (χ0v) is 10.8. The Kier molecular flexibility index (Phi) is 3.19. The summed E-state index contributed by atoms with van der Waals surface area (Å²) in [5.74, 6) is -0.940. The summed E-state index contributed by atoms with van der Waals surface area (Å²) in [5, 5.41) is 13.6. The second kappa shape index (κ2) is 4.64. The predicted octanol–water partition coefficient (Wildman–Crippen LogP) is 2.89. The van der Waals surface area contributed by atoms with E-state index >= 15 is 0 Å². The molecule has 4 heteroatoms. The SMILES string of the molecule is CCn1cc(C(=O)O)c(-c2ccc(C)cc2C)n1. The maximum atomic E-state index is 11.2. The van der Waals surface area contributed by atoms with Crippen LogP contribution in [0.1, 0.15) is 28.4 Å². The second-order valence-electron chi connectivity index (χ2n) is 4.37. The van der Waals surface area contributed by atoms with E-state index < -0.39 is 5.97 Å². The number of aromatic carboxylic acids is 1. The lowest BCUT2D eigenvalue weighted by atomic mass is 10.0. The van der Waals surface area contributed by atoms with E-state index in [1.165, 1.54) is 0 Å². The van der Waals surface area contributed by atoms with E-state index in [4.69, 9.17) is 0 Å². The monoisotopic (exact) mass is 244 g/mol. The third kappa shape index (κ3) is 2.14. The first-order chi connectivity index (χ1) is 8.52. The van der Waals surface area contributed by atoms with Crippen LogP contribution in [0.25, 0.3) is 11.3 Å². The van der Waals surface area contributed by atoms with E-state index in [0.717, 1.165) is 16.7 Å². The summed E-state index contributed by atoms with van der Waals surface area (Å²) in [5.41, 5.74) is 3.87. The minimum Gasteiger partial charge on any atom is -0.478 e. The molecule has 1 aromatic heterocycles. The average Bonchev–Trinajstić information content (AvgIpc) is 2.73. The smallest absolute Gasteiger partial charge is 0.339 e. The zero-order chi connectivity index (χ0) is 13.3. The Morgan fingerprint density at radius 2 is 2.11 bits per heavy atom. The lowest BCUT2D eigenvalue weighted by Crippen LogP contribution is -1.97. The topological polar surface area (TPSA) is 55.1 Å². The minimum absolute atomic E-state index is 0.254. The molecule has 0 saturated heterocycles. The Morgan fingerprint density at radius 3 is 2.67 bits per heavy atom. The molecule has 1 heterocycles. The van der Waals surface area contributed by atoms with Crippen LogP contribution in [0.3, 0.4) is 0 Å². The molecular weight excluding hydrogens is 228 g/mol. The molecule has 0 radical (unpaired) electrons. The Hall–Kier alpha value is -2.10. The van der Waals surface area contributed by atoms with Crippen LogP contribution in [0.5, 0.6) is 0 Å². The summed E-state index contributed by atoms with van der Waals surface area (Å²) in [6.07, 6.45) is 1.58. The number of benzene rings is 1. The number of carbonyl (C=O) groups is 1. The molecular formula is C14H16N2O2. The molecule has 0 aliphatic heterocycles. The quantitative estimate of drug-likeness (QED) is 0.903. The first-order valence-electron chi connectivity index (χ1n) is 5.91. The number of aryl methyl sites for hydroxylation is 3. The lowest BCUT2D eigenvalue weighted by Gasteiger charge is -2.05. The number of carboxylic acids is 1. The normalized spacial score (nSPS) is 10.6. The summed E-state index contributed by atoms with van der Waals surface area (Å²) in [7, 11) is 0. The molecule has 4 nitrogen and oxygen atoms in total. The summed E-state index contributed by atoms with van der Waals surface area (Å²) in [4.78, 5) is 11.2. The van der Waals surface area contributed by atoms with Crippen molar-refractivity contribution in [1.82, 2.24) is 9.78 Å². The number of hydrogen-bond donors (Lipinski definition) is 1. The molecule has 0 spiro atoms. The highest BCUT2D eigenvalue weighted by Gasteiger charge is 2.17. The summed E-state index contributed by atoms with van der Waals surface area (Å²) in [6.45, 7) is 6.58. The van der Waals surface area contributed by atoms with Crippen LogP contribution >= 0.6 is 0 Å². The number of aromatic nitrogens is 2. The highest BCUT2D eigenvalue weighted by molar-refractivity contribution is 5.95. The first kappa shape index (κ1) is 12.4. The zero-order valence-electron chi connectivity index (χ0n) is 10.8. The van der Waals surface area contributed by atoms with Gasteiger partial charge in [0.2, 0.25) is 0 Å². The number of rotatable bonds is 3. The van der Waals surface area contributed by atoms with E-state index in [0.29, 0.717) is 12.2 Å². The Morgan fingerprint density at radius 1 is 1.39 bits per heavy atom. The third-order valence-electron chi connectivity index (χ3n) is 2.95. The van der Waals surface area contributed by atoms with Gasteiger partial charge in [0, 0.05) is 18.3 Å². The van der Waals surface area contributed by atoms with Gasteiger partial charge >= 0.3 is 5.97 Å². The summed E-state index contributed by atoms with van der Waals surface area (Å²) < 4.78 is 1.65. The van der Waals surface area contributed by atoms with Crippen molar-refractivity contribution in [1.29, 1.82) is 0 Å². The van der Waals surface area contributed by atoms with Crippen LogP contribution in [0.15, 0.2) is 24.4 Å². The number of hydrogen-bond acceptors (Lipinski definition) is 2. The maximum absolute atomic E-state index is 11.2. The van der Waals surface area contributed by atoms with Crippen molar-refractivity contribution in [3.8, 4) is 11.3 Å². The summed E-state index contributed by atoms with van der Waals surface area (Å²) >= 11 is 0. The molecule has 2 aromatic rings. The Bertz CT molecular complexity index is 600. The van der Waals surface area contributed by atoms with Gasteiger partial charge in [-0.2, -0.15) is 5.10 Å². The van der Waals surface area contributed by atoms with Crippen LogP contribution in [0, 0.1) is 13.8 Å². The molecule has 1 aromatic carbocycles. The fourth-order valence-corrected chi connectivity index (χ4v) is 2.02. The van der Waals surface area contributed by atoms with Crippen molar-refractivity contribution >= 4 is 5.97 Å². The molecule has 2 rings (SSSR count). The number of carboxylic acid groups (broad SMARTS) is 1. The molecule has 1 N–H and O–H groups in total. The fraction of sp³-hybridized carbons (Fsp3) is 0.286. The van der Waals surface area contributed by atoms with Gasteiger partial charge in [-0.1, -0.05) is 23.8 Å². The van der Waals surface area contributed by atoms with Crippen molar-refractivity contribution < 1.29 is 9.90 Å². The highest BCUT2D eigenvalue weighted by Crippen LogP contribution is 2.26. The fourth-order valence-electron chi connectivity index (χ4n) is 2.02. The van der Waals surface area contributed by atoms with Gasteiger partial charge in [0.1, 0.15) is 11.3 Å². The van der Waals surface area contributed by atoms with E-state index in [9.17, 15) is 9.90 Å². The van der Waals surface area contributed by atoms with E-state index in [2.05, 4.69) is 5.10 Å². The van der Waals surface area contributed by atoms with Gasteiger partial charge in [-0.25, -0.2) is 4.79 Å². The van der Waals surface area contributed by atoms with Crippen LogP contribution < -0.4 is 0 Å². The molecule has 94 valence electrons. The van der Waals surface area contributed by atoms with Crippen molar-refractivity contribution in [2.24, 2.45) is 0 Å². The highest BCUT2D eigenvalue weighted by atomic mass is 16.4. The molecule has 0 amide bonds. The molecule has 0 atom stereocenters. The van der Waals surface area contributed by atoms with Crippen LogP contribution in [-0.4, -0.2) is 20.9 Å². The van der Waals surface area contributed by atoms with E-state index in [1.807, 2.05) is 39.0 Å². The van der Waals surface area contributed by atoms with Crippen molar-refractivity contribution in [2.75, 3.05) is 0 Å². The largest absolute Gasteiger partial charge is 0.478 e. The van der Waals surface area contributed by atoms with Crippen LogP contribution in [0.4, 0.5) is 0 Å². The molecule has 0 bridgehead atoms. The van der Waals surface area contributed by atoms with Gasteiger partial charge < -0.3 is 5.11 Å². The molecule has 18 heavy (non-hydrogen) atoms. The van der Waals surface area contributed by atoms with Gasteiger partial charge in [0.05, 0.1) is 0 Å². The van der Waals surface area contributed by atoms with Crippen LogP contribution in [-0.2, 0) is 6.54 Å². The maximum Gasteiger partial charge on any atom is 0.339 e. The van der Waals surface area contributed by atoms with Gasteiger partial charge in [0.25, 0.3) is 0 Å². The molecule has 0 aliphatic carbocycles. The van der Waals surface area contributed by atoms with E-state index in [-0.39, 0.29) is 5.56 Å². The van der Waals surface area contributed by atoms with E-state index in [1.54, 1.807) is 10.9 Å². The Balaban J connectivity index is 2.62. The first-order valence-corrected chi connectivity index (χ1v) is 5.91. The molecule has 0 unspecified atom stereocenters.